The maximum atomic E-state index is 13.9. The van der Waals surface area contributed by atoms with Gasteiger partial charge in [-0.25, -0.2) is 16.8 Å². The van der Waals surface area contributed by atoms with E-state index in [4.69, 9.17) is 14.2 Å². The van der Waals surface area contributed by atoms with Gasteiger partial charge in [-0.1, -0.05) is 48.6 Å². The Labute approximate surface area is 194 Å². The molecule has 0 aromatic heterocycles. The van der Waals surface area contributed by atoms with Crippen LogP contribution >= 0.6 is 0 Å². The highest BCUT2D eigenvalue weighted by Gasteiger charge is 2.66. The second-order valence-electron chi connectivity index (χ2n) is 8.61. The van der Waals surface area contributed by atoms with E-state index in [1.807, 2.05) is 0 Å². The van der Waals surface area contributed by atoms with Gasteiger partial charge < -0.3 is 14.2 Å². The summed E-state index contributed by atoms with van der Waals surface area (Å²) in [4.78, 5) is 0.126. The van der Waals surface area contributed by atoms with Crippen molar-refractivity contribution in [3.8, 4) is 0 Å². The molecule has 0 N–H and O–H groups in total. The number of hydrogen-bond donors (Lipinski definition) is 0. The third-order valence-electron chi connectivity index (χ3n) is 6.50. The highest BCUT2D eigenvalue weighted by molar-refractivity contribution is 7.96. The summed E-state index contributed by atoms with van der Waals surface area (Å²) >= 11 is 0. The van der Waals surface area contributed by atoms with Gasteiger partial charge in [0.1, 0.15) is 16.1 Å². The van der Waals surface area contributed by atoms with Gasteiger partial charge in [-0.3, -0.25) is 0 Å². The van der Waals surface area contributed by atoms with Crippen LogP contribution in [0.15, 0.2) is 82.6 Å². The van der Waals surface area contributed by atoms with Gasteiger partial charge in [0.15, 0.2) is 26.0 Å². The molecular weight excluding hydrogens is 464 g/mol. The molecule has 3 aliphatic rings. The highest BCUT2D eigenvalue weighted by atomic mass is 32.2. The van der Waals surface area contributed by atoms with E-state index >= 15 is 0 Å². The largest absolute Gasteiger partial charge is 0.358 e. The van der Waals surface area contributed by atoms with Gasteiger partial charge in [0.25, 0.3) is 0 Å². The minimum absolute atomic E-state index is 0.0566. The number of fused-ring (bicyclic) bond motifs is 2. The lowest BCUT2D eigenvalue weighted by molar-refractivity contribution is -0.185. The second-order valence-corrected chi connectivity index (χ2v) is 12.8. The molecular formula is C24H26O7S2. The Kier molecular flexibility index (Phi) is 5.95. The molecule has 33 heavy (non-hydrogen) atoms. The van der Waals surface area contributed by atoms with Crippen molar-refractivity contribution in [2.24, 2.45) is 0 Å². The van der Waals surface area contributed by atoms with Gasteiger partial charge in [-0.05, 0) is 43.5 Å². The lowest BCUT2D eigenvalue weighted by atomic mass is 9.94. The molecule has 2 fully saturated rings. The van der Waals surface area contributed by atoms with Crippen LogP contribution in [0.1, 0.15) is 19.3 Å². The Bertz CT molecular complexity index is 1220. The zero-order valence-electron chi connectivity index (χ0n) is 17.9. The van der Waals surface area contributed by atoms with Crippen molar-refractivity contribution in [3.05, 3.63) is 72.8 Å². The maximum absolute atomic E-state index is 13.9. The SMILES string of the molecule is O=S(=O)(c1ccccc1)[C@H]1[C@@H](S(=O)(=O)c2ccccc2)[C@@]2(CO[C@@H]3CCCCO3)C=C[C@H]1O2. The third-order valence-corrected chi connectivity index (χ3v) is 11.1. The van der Waals surface area contributed by atoms with Crippen molar-refractivity contribution < 1.29 is 31.0 Å². The standard InChI is InChI=1S/C24H26O7S2/c25-32(26,18-9-3-1-4-10-18)22-20-14-15-24(31-20,17-30-21-13-7-8-16-29-21)23(22)33(27,28)19-11-5-2-6-12-19/h1-6,9-12,14-15,20-23H,7-8,13,16-17H2/t20-,21-,22-,23-,24+/m1/s1. The van der Waals surface area contributed by atoms with Crippen molar-refractivity contribution in [1.29, 1.82) is 0 Å². The molecule has 2 aromatic carbocycles. The molecule has 9 heteroatoms. The molecule has 3 aliphatic heterocycles. The number of benzene rings is 2. The number of rotatable bonds is 7. The molecule has 2 bridgehead atoms. The molecule has 0 aliphatic carbocycles. The predicted molar refractivity (Wildman–Crippen MR) is 121 cm³/mol. The summed E-state index contributed by atoms with van der Waals surface area (Å²) in [5.74, 6) is 0. The summed E-state index contributed by atoms with van der Waals surface area (Å²) in [6, 6.07) is 15.8. The van der Waals surface area contributed by atoms with E-state index < -0.39 is 48.2 Å². The Hall–Kier alpha value is -2.04. The molecule has 7 nitrogen and oxygen atoms in total. The molecule has 2 saturated heterocycles. The topological polar surface area (TPSA) is 96.0 Å². The fourth-order valence-corrected chi connectivity index (χ4v) is 9.76. The molecule has 0 saturated carbocycles. The maximum Gasteiger partial charge on any atom is 0.185 e. The van der Waals surface area contributed by atoms with Crippen molar-refractivity contribution in [3.63, 3.8) is 0 Å². The molecule has 0 radical (unpaired) electrons. The molecule has 0 spiro atoms. The van der Waals surface area contributed by atoms with E-state index in [1.54, 1.807) is 48.6 Å². The summed E-state index contributed by atoms with van der Waals surface area (Å²) in [6.45, 7) is 0.468. The zero-order valence-corrected chi connectivity index (χ0v) is 19.6. The lowest BCUT2D eigenvalue weighted by Gasteiger charge is -2.34. The van der Waals surface area contributed by atoms with Crippen molar-refractivity contribution >= 4 is 19.7 Å². The van der Waals surface area contributed by atoms with Crippen LogP contribution in [0.25, 0.3) is 0 Å². The van der Waals surface area contributed by atoms with Gasteiger partial charge in [0.05, 0.1) is 22.5 Å². The Morgan fingerprint density at radius 2 is 1.52 bits per heavy atom. The predicted octanol–water partition coefficient (Wildman–Crippen LogP) is 2.92. The van der Waals surface area contributed by atoms with E-state index in [2.05, 4.69) is 0 Å². The van der Waals surface area contributed by atoms with Crippen molar-refractivity contribution in [2.45, 2.75) is 57.5 Å². The number of sulfone groups is 2. The van der Waals surface area contributed by atoms with Crippen LogP contribution in [-0.4, -0.2) is 58.5 Å². The van der Waals surface area contributed by atoms with Crippen LogP contribution in [0.4, 0.5) is 0 Å². The zero-order chi connectivity index (χ0) is 23.1. The van der Waals surface area contributed by atoms with Crippen molar-refractivity contribution in [2.75, 3.05) is 13.2 Å². The quantitative estimate of drug-likeness (QED) is 0.551. The van der Waals surface area contributed by atoms with Gasteiger partial charge in [-0.2, -0.15) is 0 Å². The van der Waals surface area contributed by atoms with Crippen LogP contribution in [0.5, 0.6) is 0 Å². The van der Waals surface area contributed by atoms with Crippen LogP contribution in [-0.2, 0) is 33.9 Å². The normalized spacial score (nSPS) is 31.6. The van der Waals surface area contributed by atoms with Crippen LogP contribution < -0.4 is 0 Å². The molecule has 5 rings (SSSR count). The first-order valence-corrected chi connectivity index (χ1v) is 14.1. The average Bonchev–Trinajstić information content (AvgIpc) is 3.42. The van der Waals surface area contributed by atoms with E-state index in [0.717, 1.165) is 12.8 Å². The summed E-state index contributed by atoms with van der Waals surface area (Å²) in [5.41, 5.74) is -1.42. The smallest absolute Gasteiger partial charge is 0.185 e. The van der Waals surface area contributed by atoms with Crippen LogP contribution in [0.3, 0.4) is 0 Å². The average molecular weight is 491 g/mol. The lowest BCUT2D eigenvalue weighted by Crippen LogP contribution is -2.54. The minimum atomic E-state index is -4.10. The van der Waals surface area contributed by atoms with Gasteiger partial charge in [-0.15, -0.1) is 0 Å². The first-order chi connectivity index (χ1) is 15.8. The summed E-state index contributed by atoms with van der Waals surface area (Å²) in [6.07, 6.45) is 4.55. The Balaban J connectivity index is 1.57. The summed E-state index contributed by atoms with van der Waals surface area (Å²) in [7, 11) is -8.13. The second kappa shape index (κ2) is 8.63. The number of hydrogen-bond acceptors (Lipinski definition) is 7. The number of ether oxygens (including phenoxy) is 3. The van der Waals surface area contributed by atoms with Crippen LogP contribution in [0, 0.1) is 0 Å². The van der Waals surface area contributed by atoms with Gasteiger partial charge >= 0.3 is 0 Å². The first-order valence-electron chi connectivity index (χ1n) is 11.0. The van der Waals surface area contributed by atoms with E-state index in [9.17, 15) is 16.8 Å². The summed E-state index contributed by atoms with van der Waals surface area (Å²) in [5, 5.41) is -2.66. The van der Waals surface area contributed by atoms with Gasteiger partial charge in [0, 0.05) is 6.61 Å². The minimum Gasteiger partial charge on any atom is -0.358 e. The van der Waals surface area contributed by atoms with E-state index in [-0.39, 0.29) is 16.4 Å². The highest BCUT2D eigenvalue weighted by Crippen LogP contribution is 2.48. The Morgan fingerprint density at radius 1 is 0.879 bits per heavy atom. The molecule has 3 heterocycles. The first kappa shape index (κ1) is 22.7. The van der Waals surface area contributed by atoms with Crippen LogP contribution in [0.2, 0.25) is 0 Å². The van der Waals surface area contributed by atoms with Gasteiger partial charge in [0.2, 0.25) is 0 Å². The Morgan fingerprint density at radius 3 is 2.12 bits per heavy atom. The fraction of sp³-hybridized carbons (Fsp3) is 0.417. The van der Waals surface area contributed by atoms with E-state index in [0.29, 0.717) is 13.0 Å². The van der Waals surface area contributed by atoms with Crippen molar-refractivity contribution in [1.82, 2.24) is 0 Å². The van der Waals surface area contributed by atoms with E-state index in [1.165, 1.54) is 24.3 Å². The third kappa shape index (κ3) is 3.95. The molecule has 2 aromatic rings. The fourth-order valence-electron chi connectivity index (χ4n) is 4.91. The molecule has 5 atom stereocenters. The molecule has 0 amide bonds. The molecule has 176 valence electrons. The summed E-state index contributed by atoms with van der Waals surface area (Å²) < 4.78 is 73.0. The monoisotopic (exact) mass is 490 g/mol. The molecule has 0 unspecified atom stereocenters.